The molecule has 1 aromatic heterocycles. The molecular formula is C52H62N10O8. The van der Waals surface area contributed by atoms with Gasteiger partial charge in [0.05, 0.1) is 42.9 Å². The van der Waals surface area contributed by atoms with Gasteiger partial charge in [-0.2, -0.15) is 0 Å². The average molecular weight is 955 g/mol. The summed E-state index contributed by atoms with van der Waals surface area (Å²) in [7, 11) is 6.29. The van der Waals surface area contributed by atoms with Gasteiger partial charge in [-0.15, -0.1) is 0 Å². The number of H-pyrrole nitrogens is 1. The Bertz CT molecular complexity index is 2610. The van der Waals surface area contributed by atoms with Crippen molar-refractivity contribution in [2.24, 2.45) is 4.99 Å². The number of methoxy groups -OCH3 is 2. The fourth-order valence-corrected chi connectivity index (χ4v) is 9.40. The summed E-state index contributed by atoms with van der Waals surface area (Å²) in [4.78, 5) is 70.5. The van der Waals surface area contributed by atoms with Gasteiger partial charge in [0.15, 0.2) is 11.5 Å². The molecule has 0 bridgehead atoms. The molecule has 8 rings (SSSR count). The highest BCUT2D eigenvalue weighted by atomic mass is 16.5. The maximum Gasteiger partial charge on any atom is 0.315 e. The van der Waals surface area contributed by atoms with Crippen molar-refractivity contribution in [2.45, 2.75) is 56.0 Å². The Hall–Kier alpha value is -7.28. The van der Waals surface area contributed by atoms with Crippen LogP contribution in [0.15, 0.2) is 108 Å². The fraction of sp³-hybridized carbons (Fsp3) is 0.385. The predicted molar refractivity (Wildman–Crippen MR) is 265 cm³/mol. The Labute approximate surface area is 407 Å². The van der Waals surface area contributed by atoms with E-state index < -0.39 is 30.3 Å². The van der Waals surface area contributed by atoms with Gasteiger partial charge in [-0.1, -0.05) is 84.9 Å². The second-order valence-electron chi connectivity index (χ2n) is 17.2. The third-order valence-corrected chi connectivity index (χ3v) is 12.9. The molecule has 2 saturated heterocycles. The first kappa shape index (κ1) is 49.2. The molecule has 3 aliphatic heterocycles. The Balaban J connectivity index is 1.05. The van der Waals surface area contributed by atoms with Crippen molar-refractivity contribution in [2.75, 3.05) is 74.4 Å². The number of nitrogens with zero attached hydrogens (tertiary/aromatic N) is 4. The van der Waals surface area contributed by atoms with Gasteiger partial charge >= 0.3 is 12.1 Å². The largest absolute Gasteiger partial charge is 0.487 e. The molecule has 0 radical (unpaired) electrons. The lowest BCUT2D eigenvalue weighted by atomic mass is 9.98. The summed E-state index contributed by atoms with van der Waals surface area (Å²) < 4.78 is 23.8. The van der Waals surface area contributed by atoms with Crippen molar-refractivity contribution < 1.29 is 38.1 Å². The normalized spacial score (nSPS) is 18.5. The van der Waals surface area contributed by atoms with Crippen LogP contribution in [0.3, 0.4) is 0 Å². The maximum atomic E-state index is 14.3. The second kappa shape index (κ2) is 23.3. The lowest BCUT2D eigenvalue weighted by molar-refractivity contribution is -0.135. The van der Waals surface area contributed by atoms with Crippen LogP contribution in [0.5, 0.6) is 11.5 Å². The first-order valence-corrected chi connectivity index (χ1v) is 23.8. The smallest absolute Gasteiger partial charge is 0.315 e. The summed E-state index contributed by atoms with van der Waals surface area (Å²) in [5, 5.41) is 14.4. The summed E-state index contributed by atoms with van der Waals surface area (Å²) >= 11 is 0. The van der Waals surface area contributed by atoms with Gasteiger partial charge in [0.25, 0.3) is 0 Å². The number of aromatic nitrogens is 2. The highest BCUT2D eigenvalue weighted by Crippen LogP contribution is 2.43. The van der Waals surface area contributed by atoms with Crippen molar-refractivity contribution in [3.63, 3.8) is 0 Å². The molecule has 70 heavy (non-hydrogen) atoms. The van der Waals surface area contributed by atoms with E-state index in [1.165, 1.54) is 14.1 Å². The number of aliphatic imine (C=N–C) groups is 1. The molecule has 2 fully saturated rings. The molecule has 368 valence electrons. The van der Waals surface area contributed by atoms with E-state index >= 15 is 0 Å². The summed E-state index contributed by atoms with van der Waals surface area (Å²) in [5.41, 5.74) is 6.27. The number of likely N-dealkylation sites (tertiary alicyclic amines) is 2. The van der Waals surface area contributed by atoms with Gasteiger partial charge in [-0.3, -0.25) is 19.9 Å². The van der Waals surface area contributed by atoms with Crippen LogP contribution in [0.2, 0.25) is 0 Å². The van der Waals surface area contributed by atoms with Gasteiger partial charge in [0.2, 0.25) is 11.8 Å². The van der Waals surface area contributed by atoms with E-state index in [4.69, 9.17) is 28.9 Å². The van der Waals surface area contributed by atoms with Crippen LogP contribution in [-0.4, -0.2) is 136 Å². The number of imidazole rings is 1. The first-order chi connectivity index (χ1) is 34.2. The number of ether oxygens (including phenoxy) is 4. The predicted octanol–water partition coefficient (Wildman–Crippen LogP) is 5.51. The number of nitrogens with one attached hydrogen (secondary N) is 6. The molecule has 4 aromatic carbocycles. The number of benzene rings is 4. The Morgan fingerprint density at radius 1 is 0.671 bits per heavy atom. The summed E-state index contributed by atoms with van der Waals surface area (Å²) in [5.74, 6) is 1.33. The zero-order chi connectivity index (χ0) is 49.0. The number of rotatable bonds is 19. The van der Waals surface area contributed by atoms with Crippen LogP contribution in [0.1, 0.15) is 66.3 Å². The van der Waals surface area contributed by atoms with Crippen LogP contribution in [0.4, 0.5) is 9.59 Å². The van der Waals surface area contributed by atoms with Crippen LogP contribution in [-0.2, 0) is 19.1 Å². The summed E-state index contributed by atoms with van der Waals surface area (Å²) in [6.07, 6.45) is 4.45. The Morgan fingerprint density at radius 2 is 1.21 bits per heavy atom. The quantitative estimate of drug-likeness (QED) is 0.0572. The first-order valence-electron chi connectivity index (χ1n) is 23.8. The average Bonchev–Trinajstić information content (AvgIpc) is 4.26. The van der Waals surface area contributed by atoms with E-state index in [1.54, 1.807) is 25.3 Å². The minimum Gasteiger partial charge on any atom is -0.487 e. The number of carbonyl (C=O) groups is 4. The van der Waals surface area contributed by atoms with Crippen LogP contribution in [0, 0.1) is 0 Å². The number of aromatic amines is 1. The maximum absolute atomic E-state index is 14.3. The van der Waals surface area contributed by atoms with E-state index in [0.717, 1.165) is 59.3 Å². The van der Waals surface area contributed by atoms with Gasteiger partial charge in [0.1, 0.15) is 37.3 Å². The molecule has 0 spiro atoms. The van der Waals surface area contributed by atoms with Gasteiger partial charge in [-0.05, 0) is 60.1 Å². The molecule has 6 N–H and O–H groups in total. The minimum atomic E-state index is -0.863. The molecule has 0 saturated carbocycles. The third-order valence-electron chi connectivity index (χ3n) is 12.9. The van der Waals surface area contributed by atoms with Crippen molar-refractivity contribution in [3.8, 4) is 33.9 Å². The Morgan fingerprint density at radius 3 is 1.81 bits per heavy atom. The monoisotopic (exact) mass is 954 g/mol. The van der Waals surface area contributed by atoms with E-state index in [1.807, 2.05) is 102 Å². The molecule has 6 amide bonds. The van der Waals surface area contributed by atoms with E-state index in [0.29, 0.717) is 61.3 Å². The topological polar surface area (TPSA) is 213 Å². The van der Waals surface area contributed by atoms with Crippen LogP contribution < -0.4 is 36.1 Å². The number of carbonyl (C=O) groups excluding carboxylic acids is 4. The Kier molecular flexibility index (Phi) is 16.4. The van der Waals surface area contributed by atoms with E-state index in [9.17, 15) is 19.2 Å². The van der Waals surface area contributed by atoms with Gasteiger partial charge in [0, 0.05) is 59.1 Å². The van der Waals surface area contributed by atoms with E-state index in [-0.39, 0.29) is 37.1 Å². The lowest BCUT2D eigenvalue weighted by Crippen LogP contribution is -2.51. The lowest BCUT2D eigenvalue weighted by Gasteiger charge is -2.31. The number of hydrogen-bond acceptors (Lipinski definition) is 11. The zero-order valence-electron chi connectivity index (χ0n) is 40.0. The molecular weight excluding hydrogens is 893 g/mol. The molecule has 18 heteroatoms. The van der Waals surface area contributed by atoms with Crippen LogP contribution in [0.25, 0.3) is 22.4 Å². The van der Waals surface area contributed by atoms with E-state index in [2.05, 4.69) is 31.6 Å². The minimum absolute atomic E-state index is 0.193. The highest BCUT2D eigenvalue weighted by molar-refractivity contribution is 6.07. The SMILES string of the molecule is CNC(=O)NC(C(=O)N1CCCC1c1ncc(-c2ccc(-c3ccc(C4=NC(C5CCCN5C(=O)C(NC(=O)NC)c5ccccc5)NC4)c(OCCOC)c3OCCOC)cc2)[nH]1)c1ccccc1. The van der Waals surface area contributed by atoms with Gasteiger partial charge in [-0.25, -0.2) is 14.6 Å². The van der Waals surface area contributed by atoms with Crippen molar-refractivity contribution >= 4 is 29.6 Å². The third kappa shape index (κ3) is 11.1. The molecule has 5 atom stereocenters. The molecule has 5 aromatic rings. The van der Waals surface area contributed by atoms with Crippen molar-refractivity contribution in [3.05, 3.63) is 126 Å². The molecule has 5 unspecified atom stereocenters. The highest BCUT2D eigenvalue weighted by Gasteiger charge is 2.41. The summed E-state index contributed by atoms with van der Waals surface area (Å²) in [6, 6.07) is 27.4. The molecule has 18 nitrogen and oxygen atoms in total. The van der Waals surface area contributed by atoms with Gasteiger partial charge < -0.3 is 55.0 Å². The standard InChI is InChI=1S/C52H62N10O8/c1-53-51(65)59-43(35-13-7-5-8-14-35)49(63)61-25-11-17-41(61)47-55-31-39(57-47)34-21-19-33(20-22-34)37-23-24-38(46(70-30-28-68-4)45(37)69-29-27-67-3)40-32-56-48(58-40)42-18-12-26-62(42)50(64)44(60-52(66)54-2)36-15-9-6-10-16-36/h5-10,13-16,19-24,31,41-44,48,56H,11-12,17-18,25-30,32H2,1-4H3,(H,55,57)(H2,53,59,65)(H2,54,60,66). The second-order valence-corrected chi connectivity index (χ2v) is 17.2. The number of hydrogen-bond donors (Lipinski definition) is 6. The number of amides is 6. The molecule has 4 heterocycles. The summed E-state index contributed by atoms with van der Waals surface area (Å²) in [6.45, 7) is 2.71. The zero-order valence-corrected chi connectivity index (χ0v) is 40.0. The fourth-order valence-electron chi connectivity index (χ4n) is 9.40. The van der Waals surface area contributed by atoms with Crippen molar-refractivity contribution in [1.29, 1.82) is 0 Å². The number of urea groups is 2. The molecule has 0 aliphatic carbocycles. The van der Waals surface area contributed by atoms with Crippen LogP contribution >= 0.6 is 0 Å². The van der Waals surface area contributed by atoms with Crippen molar-refractivity contribution in [1.82, 2.24) is 46.4 Å². The molecule has 3 aliphatic rings.